The Kier molecular flexibility index (Phi) is 7.77. The Bertz CT molecular complexity index is 1530. The van der Waals surface area contributed by atoms with Gasteiger partial charge in [-0.2, -0.15) is 8.78 Å². The Labute approximate surface area is 224 Å². The summed E-state index contributed by atoms with van der Waals surface area (Å²) in [5, 5.41) is 6.45. The van der Waals surface area contributed by atoms with Gasteiger partial charge in [0, 0.05) is 24.5 Å². The lowest BCUT2D eigenvalue weighted by Gasteiger charge is -2.22. The van der Waals surface area contributed by atoms with Gasteiger partial charge in [0.25, 0.3) is 0 Å². The fourth-order valence-electron chi connectivity index (χ4n) is 3.82. The molecular weight excluding hydrogens is 532 g/mol. The summed E-state index contributed by atoms with van der Waals surface area (Å²) in [5.41, 5.74) is 0.179. The number of benzene rings is 1. The number of halogens is 2. The number of hydrogen-bond acceptors (Lipinski definition) is 9. The average molecular weight is 560 g/mol. The van der Waals surface area contributed by atoms with Crippen LogP contribution >= 0.6 is 0 Å². The van der Waals surface area contributed by atoms with E-state index in [1.165, 1.54) is 51.6 Å². The second kappa shape index (κ2) is 10.9. The van der Waals surface area contributed by atoms with Gasteiger partial charge in [-0.3, -0.25) is 14.3 Å². The lowest BCUT2D eigenvalue weighted by Crippen LogP contribution is -2.32. The molecule has 1 aromatic carbocycles. The van der Waals surface area contributed by atoms with Crippen LogP contribution in [0.3, 0.4) is 0 Å². The number of nitrogens with one attached hydrogen (secondary N) is 1. The summed E-state index contributed by atoms with van der Waals surface area (Å²) >= 11 is 0. The van der Waals surface area contributed by atoms with E-state index in [1.807, 2.05) is 6.92 Å². The molecule has 14 heteroatoms. The smallest absolute Gasteiger partial charge is 0.348 e. The summed E-state index contributed by atoms with van der Waals surface area (Å²) in [5.74, 6) is -5.28. The molecular formula is C25H27F2N7O4S. The van der Waals surface area contributed by atoms with E-state index in [0.717, 1.165) is 16.2 Å². The third-order valence-corrected chi connectivity index (χ3v) is 8.05. The van der Waals surface area contributed by atoms with Crippen LogP contribution < -0.4 is 14.2 Å². The number of alkyl halides is 2. The van der Waals surface area contributed by atoms with Gasteiger partial charge in [0.15, 0.2) is 0 Å². The molecule has 11 nitrogen and oxygen atoms in total. The topological polar surface area (TPSA) is 134 Å². The summed E-state index contributed by atoms with van der Waals surface area (Å²) in [7, 11) is -1.55. The van der Waals surface area contributed by atoms with Gasteiger partial charge in [0.05, 0.1) is 19.5 Å². The molecule has 0 amide bonds. The van der Waals surface area contributed by atoms with Gasteiger partial charge in [0.2, 0.25) is 21.8 Å². The summed E-state index contributed by atoms with van der Waals surface area (Å²) in [6.45, 7) is 4.93. The molecule has 0 saturated carbocycles. The fourth-order valence-corrected chi connectivity index (χ4v) is 5.05. The molecule has 3 aromatic heterocycles. The first kappa shape index (κ1) is 27.8. The summed E-state index contributed by atoms with van der Waals surface area (Å²) in [6.07, 6.45) is 4.39. The van der Waals surface area contributed by atoms with Crippen molar-refractivity contribution in [1.82, 2.24) is 29.7 Å². The minimum atomic E-state index is -4.23. The van der Waals surface area contributed by atoms with Crippen LogP contribution in [-0.2, 0) is 15.9 Å². The van der Waals surface area contributed by atoms with Crippen LogP contribution in [0.2, 0.25) is 0 Å². The number of aromatic nitrogens is 6. The zero-order chi connectivity index (χ0) is 28.4. The van der Waals surface area contributed by atoms with Crippen LogP contribution in [-0.4, -0.2) is 57.6 Å². The van der Waals surface area contributed by atoms with Crippen molar-refractivity contribution in [3.05, 3.63) is 77.9 Å². The molecule has 0 spiro atoms. The summed E-state index contributed by atoms with van der Waals surface area (Å²) in [4.78, 5) is 12.2. The second-order valence-corrected chi connectivity index (χ2v) is 10.8. The zero-order valence-electron chi connectivity index (χ0n) is 21.8. The Morgan fingerprint density at radius 3 is 2.15 bits per heavy atom. The number of para-hydroxylation sites is 1. The largest absolute Gasteiger partial charge is 0.494 e. The number of sulfonamides is 1. The fraction of sp³-hybridized carbons (Fsp3) is 0.320. The lowest BCUT2D eigenvalue weighted by atomic mass is 10.1. The normalized spacial score (nSPS) is 13.5. The second-order valence-electron chi connectivity index (χ2n) is 8.74. The highest BCUT2D eigenvalue weighted by Crippen LogP contribution is 2.41. The van der Waals surface area contributed by atoms with Crippen LogP contribution in [0.5, 0.6) is 11.5 Å². The van der Waals surface area contributed by atoms with Crippen molar-refractivity contribution >= 4 is 16.0 Å². The third kappa shape index (κ3) is 5.37. The standard InChI is InChI=1S/C25H27F2N7O4S/c1-15-13-29-22(30-14-15)16(2)17(3)39(35,36)33-24-32-31-23(25(26,27)20-11-6-7-12-28-20)34(24)21-18(37-4)9-8-10-19(21)38-5/h6-14,16-17H,1-5H3,(H,32,33). The van der Waals surface area contributed by atoms with Crippen molar-refractivity contribution < 1.29 is 26.7 Å². The zero-order valence-corrected chi connectivity index (χ0v) is 22.6. The number of pyridine rings is 1. The van der Waals surface area contributed by atoms with E-state index in [9.17, 15) is 8.42 Å². The first-order valence-corrected chi connectivity index (χ1v) is 13.3. The van der Waals surface area contributed by atoms with E-state index in [0.29, 0.717) is 5.82 Å². The van der Waals surface area contributed by atoms with E-state index < -0.39 is 44.6 Å². The van der Waals surface area contributed by atoms with E-state index in [4.69, 9.17) is 9.47 Å². The number of ether oxygens (including phenoxy) is 2. The van der Waals surface area contributed by atoms with Gasteiger partial charge in [-0.05, 0) is 43.7 Å². The van der Waals surface area contributed by atoms with Crippen LogP contribution in [0.4, 0.5) is 14.7 Å². The maximum absolute atomic E-state index is 15.8. The molecule has 206 valence electrons. The van der Waals surface area contributed by atoms with Gasteiger partial charge in [-0.1, -0.05) is 19.1 Å². The van der Waals surface area contributed by atoms with Crippen LogP contribution in [0.1, 0.15) is 42.7 Å². The molecule has 4 rings (SSSR count). The highest BCUT2D eigenvalue weighted by molar-refractivity contribution is 7.93. The Balaban J connectivity index is 1.86. The highest BCUT2D eigenvalue weighted by Gasteiger charge is 2.44. The molecule has 4 aromatic rings. The Morgan fingerprint density at radius 1 is 0.949 bits per heavy atom. The number of hydrogen-bond donors (Lipinski definition) is 1. The van der Waals surface area contributed by atoms with Crippen molar-refractivity contribution in [1.29, 1.82) is 0 Å². The molecule has 0 radical (unpaired) electrons. The van der Waals surface area contributed by atoms with Crippen LogP contribution in [0.25, 0.3) is 5.69 Å². The summed E-state index contributed by atoms with van der Waals surface area (Å²) < 4.78 is 72.7. The average Bonchev–Trinajstić information content (AvgIpc) is 3.35. The molecule has 0 fully saturated rings. The minimum absolute atomic E-state index is 0.0293. The molecule has 2 unspecified atom stereocenters. The van der Waals surface area contributed by atoms with Crippen molar-refractivity contribution in [3.8, 4) is 17.2 Å². The minimum Gasteiger partial charge on any atom is -0.494 e. The number of rotatable bonds is 10. The molecule has 39 heavy (non-hydrogen) atoms. The molecule has 0 aliphatic carbocycles. The number of aryl methyl sites for hydroxylation is 1. The van der Waals surface area contributed by atoms with Crippen molar-refractivity contribution in [2.24, 2.45) is 0 Å². The van der Waals surface area contributed by atoms with Crippen molar-refractivity contribution in [2.45, 2.75) is 37.9 Å². The van der Waals surface area contributed by atoms with E-state index >= 15 is 8.78 Å². The maximum Gasteiger partial charge on any atom is 0.348 e. The third-order valence-electron chi connectivity index (χ3n) is 6.19. The number of nitrogens with zero attached hydrogens (tertiary/aromatic N) is 6. The molecule has 3 heterocycles. The van der Waals surface area contributed by atoms with E-state index in [2.05, 4.69) is 29.9 Å². The molecule has 1 N–H and O–H groups in total. The van der Waals surface area contributed by atoms with Crippen LogP contribution in [0.15, 0.2) is 55.0 Å². The number of methoxy groups -OCH3 is 2. The first-order chi connectivity index (χ1) is 18.5. The van der Waals surface area contributed by atoms with E-state index in [1.54, 1.807) is 25.4 Å². The predicted octanol–water partition coefficient (Wildman–Crippen LogP) is 3.85. The predicted molar refractivity (Wildman–Crippen MR) is 139 cm³/mol. The van der Waals surface area contributed by atoms with Gasteiger partial charge in [-0.25, -0.2) is 18.4 Å². The summed E-state index contributed by atoms with van der Waals surface area (Å²) in [6, 6.07) is 8.65. The SMILES string of the molecule is COc1cccc(OC)c1-n1c(NS(=O)(=O)C(C)C(C)c2ncc(C)cn2)nnc1C(F)(F)c1ccccn1. The molecule has 0 bridgehead atoms. The maximum atomic E-state index is 15.8. The van der Waals surface area contributed by atoms with Crippen LogP contribution in [0, 0.1) is 6.92 Å². The molecule has 2 atom stereocenters. The molecule has 0 saturated heterocycles. The quantitative estimate of drug-likeness (QED) is 0.307. The lowest BCUT2D eigenvalue weighted by molar-refractivity contribution is 0.0262. The van der Waals surface area contributed by atoms with Gasteiger partial charge in [-0.15, -0.1) is 10.2 Å². The van der Waals surface area contributed by atoms with Crippen molar-refractivity contribution in [3.63, 3.8) is 0 Å². The highest BCUT2D eigenvalue weighted by atomic mass is 32.2. The Morgan fingerprint density at radius 2 is 1.59 bits per heavy atom. The van der Waals surface area contributed by atoms with E-state index in [-0.39, 0.29) is 17.2 Å². The first-order valence-electron chi connectivity index (χ1n) is 11.8. The Hall–Kier alpha value is -4.20. The monoisotopic (exact) mass is 559 g/mol. The van der Waals surface area contributed by atoms with Crippen molar-refractivity contribution in [2.75, 3.05) is 18.9 Å². The van der Waals surface area contributed by atoms with Gasteiger partial charge in [0.1, 0.15) is 28.7 Å². The number of anilines is 1. The van der Waals surface area contributed by atoms with Gasteiger partial charge >= 0.3 is 5.92 Å². The molecule has 0 aliphatic heterocycles. The molecule has 0 aliphatic rings. The van der Waals surface area contributed by atoms with Gasteiger partial charge < -0.3 is 9.47 Å².